The lowest BCUT2D eigenvalue weighted by Gasteiger charge is -2.40. The molecule has 3 aromatic rings. The first-order chi connectivity index (χ1) is 15.8. The van der Waals surface area contributed by atoms with E-state index in [-0.39, 0.29) is 18.8 Å². The first-order valence-corrected chi connectivity index (χ1v) is 13.4. The summed E-state index contributed by atoms with van der Waals surface area (Å²) in [6, 6.07) is 16.1. The number of rotatable bonds is 7. The Morgan fingerprint density at radius 2 is 1.85 bits per heavy atom. The summed E-state index contributed by atoms with van der Waals surface area (Å²) < 4.78 is 39.7. The van der Waals surface area contributed by atoms with Crippen molar-refractivity contribution in [3.05, 3.63) is 65.4 Å². The van der Waals surface area contributed by atoms with E-state index >= 15 is 0 Å². The molecule has 0 saturated carbocycles. The molecule has 8 heteroatoms. The van der Waals surface area contributed by atoms with Gasteiger partial charge in [-0.25, -0.2) is 8.42 Å². The zero-order valence-corrected chi connectivity index (χ0v) is 19.9. The Hall–Kier alpha value is -2.42. The molecule has 176 valence electrons. The van der Waals surface area contributed by atoms with E-state index in [4.69, 9.17) is 0 Å². The van der Waals surface area contributed by atoms with E-state index in [9.17, 15) is 12.8 Å². The van der Waals surface area contributed by atoms with Gasteiger partial charge in [-0.15, -0.1) is 0 Å². The van der Waals surface area contributed by atoms with Crippen LogP contribution in [0.15, 0.2) is 48.5 Å². The van der Waals surface area contributed by atoms with Gasteiger partial charge in [0.25, 0.3) is 0 Å². The van der Waals surface area contributed by atoms with Gasteiger partial charge in [0.2, 0.25) is 10.0 Å². The van der Waals surface area contributed by atoms with E-state index in [1.165, 1.54) is 11.8 Å². The van der Waals surface area contributed by atoms with Gasteiger partial charge >= 0.3 is 0 Å². The van der Waals surface area contributed by atoms with Crippen LogP contribution in [0.4, 0.5) is 10.1 Å². The Kier molecular flexibility index (Phi) is 5.93. The van der Waals surface area contributed by atoms with E-state index < -0.39 is 10.0 Å². The third-order valence-electron chi connectivity index (χ3n) is 6.85. The number of fused-ring (bicyclic) bond motifs is 3. The van der Waals surface area contributed by atoms with Crippen molar-refractivity contribution >= 4 is 26.6 Å². The van der Waals surface area contributed by atoms with Gasteiger partial charge in [0.1, 0.15) is 0 Å². The van der Waals surface area contributed by atoms with Crippen molar-refractivity contribution in [2.75, 3.05) is 37.9 Å². The Bertz CT molecular complexity index is 1240. The number of hydrogen-bond acceptors (Lipinski definition) is 4. The third-order valence-corrected chi connectivity index (χ3v) is 8.19. The number of nitrogens with zero attached hydrogens (tertiary/aromatic N) is 2. The Balaban J connectivity index is 1.43. The smallest absolute Gasteiger partial charge is 0.212 e. The monoisotopic (exact) mass is 470 g/mol. The summed E-state index contributed by atoms with van der Waals surface area (Å²) in [6.45, 7) is 4.37. The minimum atomic E-state index is -3.42. The van der Waals surface area contributed by atoms with Crippen LogP contribution in [0.1, 0.15) is 36.2 Å². The van der Waals surface area contributed by atoms with E-state index in [1.54, 1.807) is 4.31 Å². The lowest BCUT2D eigenvalue weighted by molar-refractivity contribution is 0.155. The molecule has 0 radical (unpaired) electrons. The van der Waals surface area contributed by atoms with Crippen molar-refractivity contribution < 1.29 is 12.8 Å². The van der Waals surface area contributed by atoms with Crippen molar-refractivity contribution in [3.8, 4) is 0 Å². The highest BCUT2D eigenvalue weighted by atomic mass is 32.2. The fraction of sp³-hybridized carbons (Fsp3) is 0.440. The van der Waals surface area contributed by atoms with Crippen LogP contribution in [0.2, 0.25) is 0 Å². The van der Waals surface area contributed by atoms with Crippen LogP contribution < -0.4 is 5.32 Å². The number of alkyl halides is 1. The summed E-state index contributed by atoms with van der Waals surface area (Å²) in [5.41, 5.74) is 5.16. The minimum absolute atomic E-state index is 0.139. The molecule has 0 spiro atoms. The minimum Gasteiger partial charge on any atom is -0.380 e. The predicted octanol–water partition coefficient (Wildman–Crippen LogP) is 3.92. The zero-order valence-electron chi connectivity index (χ0n) is 19.1. The van der Waals surface area contributed by atoms with Crippen LogP contribution in [0, 0.1) is 0 Å². The molecule has 3 heterocycles. The molecule has 1 aromatic heterocycles. The Morgan fingerprint density at radius 3 is 2.55 bits per heavy atom. The summed E-state index contributed by atoms with van der Waals surface area (Å²) in [7, 11) is -3.42. The number of benzene rings is 2. The van der Waals surface area contributed by atoms with Crippen molar-refractivity contribution in [1.29, 1.82) is 0 Å². The molecule has 0 unspecified atom stereocenters. The number of aromatic nitrogens is 1. The number of hydrogen-bond donors (Lipinski definition) is 2. The molecule has 2 aliphatic heterocycles. The van der Waals surface area contributed by atoms with Gasteiger partial charge in [0.15, 0.2) is 0 Å². The maximum Gasteiger partial charge on any atom is 0.212 e. The fourth-order valence-electron chi connectivity index (χ4n) is 5.40. The molecule has 1 fully saturated rings. The third kappa shape index (κ3) is 4.27. The lowest BCUT2D eigenvalue weighted by Crippen LogP contribution is -2.54. The molecular weight excluding hydrogens is 439 g/mol. The molecule has 33 heavy (non-hydrogen) atoms. The first-order valence-electron chi connectivity index (χ1n) is 11.6. The highest BCUT2D eigenvalue weighted by Crippen LogP contribution is 2.42. The van der Waals surface area contributed by atoms with Gasteiger partial charge in [-0.1, -0.05) is 30.3 Å². The van der Waals surface area contributed by atoms with Gasteiger partial charge in [0.05, 0.1) is 25.0 Å². The number of H-pyrrole nitrogens is 1. The summed E-state index contributed by atoms with van der Waals surface area (Å²) in [4.78, 5) is 5.77. The largest absolute Gasteiger partial charge is 0.380 e. The molecule has 6 nitrogen and oxygen atoms in total. The maximum absolute atomic E-state index is 12.8. The molecule has 0 amide bonds. The van der Waals surface area contributed by atoms with Crippen LogP contribution in [-0.4, -0.2) is 67.3 Å². The summed E-state index contributed by atoms with van der Waals surface area (Å²) in [5, 5.41) is 4.70. The van der Waals surface area contributed by atoms with Gasteiger partial charge in [-0.2, -0.15) is 4.31 Å². The van der Waals surface area contributed by atoms with Gasteiger partial charge in [0, 0.05) is 48.0 Å². The molecule has 0 aliphatic carbocycles. The second kappa shape index (κ2) is 8.74. The molecule has 0 bridgehead atoms. The molecule has 1 saturated heterocycles. The first kappa shape index (κ1) is 22.4. The molecule has 5 rings (SSSR count). The number of anilines is 1. The number of sulfonamides is 1. The Labute approximate surface area is 194 Å². The number of likely N-dealkylation sites (tertiary alicyclic amines) is 1. The van der Waals surface area contributed by atoms with E-state index in [1.807, 2.05) is 49.4 Å². The topological polar surface area (TPSA) is 68.4 Å². The van der Waals surface area contributed by atoms with E-state index in [0.29, 0.717) is 18.9 Å². The summed E-state index contributed by atoms with van der Waals surface area (Å²) >= 11 is 0. The highest BCUT2D eigenvalue weighted by molar-refractivity contribution is 7.88. The number of nitrogens with one attached hydrogen (secondary N) is 2. The molecule has 2 atom stereocenters. The normalized spacial score (nSPS) is 22.3. The van der Waals surface area contributed by atoms with Crippen molar-refractivity contribution in [2.45, 2.75) is 37.9 Å². The van der Waals surface area contributed by atoms with E-state index in [0.717, 1.165) is 47.5 Å². The summed E-state index contributed by atoms with van der Waals surface area (Å²) in [5.74, 6) is 0. The average molecular weight is 471 g/mol. The predicted molar refractivity (Wildman–Crippen MR) is 131 cm³/mol. The van der Waals surface area contributed by atoms with Crippen molar-refractivity contribution in [3.63, 3.8) is 0 Å². The molecule has 2 aromatic carbocycles. The SMILES string of the molecule is C[C@@H]1Cc2c([nH]c3ccccc23)[C@H](c2ccc(NC3CN(CCCF)C3)cc2)N1S(C)(=O)=O. The van der Waals surface area contributed by atoms with Crippen LogP contribution >= 0.6 is 0 Å². The van der Waals surface area contributed by atoms with Gasteiger partial charge in [-0.3, -0.25) is 9.29 Å². The van der Waals surface area contributed by atoms with Crippen LogP contribution in [0.3, 0.4) is 0 Å². The van der Waals surface area contributed by atoms with Crippen LogP contribution in [0.25, 0.3) is 10.9 Å². The quantitative estimate of drug-likeness (QED) is 0.549. The molecular formula is C25H31FN4O2S. The van der Waals surface area contributed by atoms with Crippen molar-refractivity contribution in [1.82, 2.24) is 14.2 Å². The van der Waals surface area contributed by atoms with Gasteiger partial charge < -0.3 is 10.3 Å². The standard InChI is InChI=1S/C25H31FN4O2S/c1-17-14-22-21-6-3-4-7-23(21)28-24(22)25(30(17)33(2,31)32)18-8-10-19(11-9-18)27-20-15-29(16-20)13-5-12-26/h3-4,6-11,17,20,25,27-28H,5,12-16H2,1-2H3/t17-,25+/m1/s1. The second-order valence-electron chi connectivity index (χ2n) is 9.38. The lowest BCUT2D eigenvalue weighted by atomic mass is 9.91. The number of halogens is 1. The van der Waals surface area contributed by atoms with Crippen molar-refractivity contribution in [2.24, 2.45) is 0 Å². The molecule has 2 aliphatic rings. The fourth-order valence-corrected chi connectivity index (χ4v) is 6.74. The Morgan fingerprint density at radius 1 is 1.12 bits per heavy atom. The highest BCUT2D eigenvalue weighted by Gasteiger charge is 2.40. The zero-order chi connectivity index (χ0) is 23.2. The van der Waals surface area contributed by atoms with Crippen LogP contribution in [-0.2, 0) is 16.4 Å². The average Bonchev–Trinajstić information content (AvgIpc) is 3.12. The van der Waals surface area contributed by atoms with E-state index in [2.05, 4.69) is 21.3 Å². The summed E-state index contributed by atoms with van der Waals surface area (Å²) in [6.07, 6.45) is 2.57. The van der Waals surface area contributed by atoms with Crippen LogP contribution in [0.5, 0.6) is 0 Å². The maximum atomic E-state index is 12.8. The number of aromatic amines is 1. The molecule has 2 N–H and O–H groups in total. The second-order valence-corrected chi connectivity index (χ2v) is 11.3. The van der Waals surface area contributed by atoms with Gasteiger partial charge in [-0.05, 0) is 49.1 Å². The number of para-hydroxylation sites is 1.